The van der Waals surface area contributed by atoms with Crippen LogP contribution in [0.4, 0.5) is 0 Å². The minimum absolute atomic E-state index is 0.120. The van der Waals surface area contributed by atoms with Crippen LogP contribution in [-0.4, -0.2) is 18.5 Å². The van der Waals surface area contributed by atoms with Crippen LogP contribution in [0.15, 0.2) is 4.99 Å². The van der Waals surface area contributed by atoms with Crippen molar-refractivity contribution in [3.8, 4) is 0 Å². The summed E-state index contributed by atoms with van der Waals surface area (Å²) >= 11 is 0. The van der Waals surface area contributed by atoms with Gasteiger partial charge in [-0.2, -0.15) is 0 Å². The predicted octanol–water partition coefficient (Wildman–Crippen LogP) is 2.24. The van der Waals surface area contributed by atoms with E-state index in [1.807, 2.05) is 13.1 Å². The van der Waals surface area contributed by atoms with Gasteiger partial charge in [0.2, 0.25) is 0 Å². The van der Waals surface area contributed by atoms with Crippen molar-refractivity contribution in [2.24, 2.45) is 10.4 Å². The molecule has 0 bridgehead atoms. The summed E-state index contributed by atoms with van der Waals surface area (Å²) in [5, 5.41) is 0. The number of aliphatic imine (C=N–C) groups is 1. The molecule has 0 aliphatic carbocycles. The highest BCUT2D eigenvalue weighted by Gasteiger charge is 2.30. The summed E-state index contributed by atoms with van der Waals surface area (Å²) in [6.07, 6.45) is 2.96. The Labute approximate surface area is 68.7 Å². The highest BCUT2D eigenvalue weighted by Crippen LogP contribution is 2.27. The first kappa shape index (κ1) is 8.72. The van der Waals surface area contributed by atoms with Gasteiger partial charge in [0.05, 0.1) is 6.61 Å². The van der Waals surface area contributed by atoms with Crippen LogP contribution < -0.4 is 0 Å². The fourth-order valence-electron chi connectivity index (χ4n) is 0.921. The Morgan fingerprint density at radius 1 is 1.45 bits per heavy atom. The summed E-state index contributed by atoms with van der Waals surface area (Å²) in [5.74, 6) is 0. The maximum absolute atomic E-state index is 5.63. The Morgan fingerprint density at radius 3 is 2.45 bits per heavy atom. The zero-order chi connectivity index (χ0) is 8.54. The van der Waals surface area contributed by atoms with E-state index < -0.39 is 0 Å². The predicted molar refractivity (Wildman–Crippen MR) is 46.9 cm³/mol. The molecule has 0 radical (unpaired) electrons. The third-order valence-electron chi connectivity index (χ3n) is 2.10. The van der Waals surface area contributed by atoms with Crippen LogP contribution in [0, 0.1) is 5.41 Å². The van der Waals surface area contributed by atoms with Gasteiger partial charge in [0.15, 0.2) is 5.72 Å². The molecule has 0 amide bonds. The minimum Gasteiger partial charge on any atom is -0.353 e. The zero-order valence-corrected chi connectivity index (χ0v) is 7.85. The Balaban J connectivity index is 2.70. The molecule has 64 valence electrons. The monoisotopic (exact) mass is 155 g/mol. The molecule has 2 nitrogen and oxygen atoms in total. The standard InChI is InChI=1S/C9H17NO/c1-5-9(4)10-6-8(2,3)7-11-9/h6H,5,7H2,1-4H3. The molecule has 1 aliphatic rings. The zero-order valence-electron chi connectivity index (χ0n) is 7.85. The summed E-state index contributed by atoms with van der Waals surface area (Å²) in [7, 11) is 0. The summed E-state index contributed by atoms with van der Waals surface area (Å²) in [6, 6.07) is 0. The van der Waals surface area contributed by atoms with Gasteiger partial charge in [-0.05, 0) is 13.3 Å². The van der Waals surface area contributed by atoms with Crippen molar-refractivity contribution in [1.82, 2.24) is 0 Å². The van der Waals surface area contributed by atoms with Gasteiger partial charge in [0.25, 0.3) is 0 Å². The molecule has 0 saturated heterocycles. The maximum atomic E-state index is 5.63. The van der Waals surface area contributed by atoms with Crippen LogP contribution in [0.2, 0.25) is 0 Å². The lowest BCUT2D eigenvalue weighted by atomic mass is 9.94. The molecule has 1 heterocycles. The average Bonchev–Trinajstić information content (AvgIpc) is 1.97. The largest absolute Gasteiger partial charge is 0.353 e. The Kier molecular flexibility index (Phi) is 2.06. The lowest BCUT2D eigenvalue weighted by Gasteiger charge is -2.34. The summed E-state index contributed by atoms with van der Waals surface area (Å²) in [5.41, 5.74) is -0.135. The second-order valence-electron chi connectivity index (χ2n) is 4.06. The molecule has 0 saturated carbocycles. The van der Waals surface area contributed by atoms with Crippen LogP contribution in [0.25, 0.3) is 0 Å². The van der Waals surface area contributed by atoms with Gasteiger partial charge in [-0.25, -0.2) is 0 Å². The minimum atomic E-state index is -0.254. The van der Waals surface area contributed by atoms with Crippen molar-refractivity contribution >= 4 is 6.21 Å². The SMILES string of the molecule is CCC1(C)N=CC(C)(C)CO1. The Hall–Kier alpha value is -0.370. The molecule has 0 aromatic carbocycles. The quantitative estimate of drug-likeness (QED) is 0.569. The Morgan fingerprint density at radius 2 is 2.09 bits per heavy atom. The highest BCUT2D eigenvalue weighted by molar-refractivity contribution is 5.65. The first-order valence-corrected chi connectivity index (χ1v) is 4.18. The van der Waals surface area contributed by atoms with E-state index >= 15 is 0 Å². The molecule has 2 heteroatoms. The third kappa shape index (κ3) is 2.03. The van der Waals surface area contributed by atoms with Gasteiger partial charge in [-0.15, -0.1) is 0 Å². The van der Waals surface area contributed by atoms with Gasteiger partial charge in [-0.1, -0.05) is 20.8 Å². The van der Waals surface area contributed by atoms with Crippen molar-refractivity contribution in [2.45, 2.75) is 39.8 Å². The van der Waals surface area contributed by atoms with E-state index in [-0.39, 0.29) is 11.1 Å². The van der Waals surface area contributed by atoms with E-state index in [2.05, 4.69) is 25.8 Å². The molecule has 1 aliphatic heterocycles. The van der Waals surface area contributed by atoms with Crippen LogP contribution >= 0.6 is 0 Å². The van der Waals surface area contributed by atoms with Gasteiger partial charge in [0, 0.05) is 11.6 Å². The number of hydrogen-bond acceptors (Lipinski definition) is 2. The van der Waals surface area contributed by atoms with Gasteiger partial charge >= 0.3 is 0 Å². The van der Waals surface area contributed by atoms with Crippen molar-refractivity contribution < 1.29 is 4.74 Å². The van der Waals surface area contributed by atoms with Crippen LogP contribution in [-0.2, 0) is 4.74 Å². The second kappa shape index (κ2) is 2.59. The van der Waals surface area contributed by atoms with Gasteiger partial charge in [-0.3, -0.25) is 4.99 Å². The molecule has 0 aromatic rings. The van der Waals surface area contributed by atoms with Crippen molar-refractivity contribution in [1.29, 1.82) is 0 Å². The van der Waals surface area contributed by atoms with Crippen molar-refractivity contribution in [3.63, 3.8) is 0 Å². The van der Waals surface area contributed by atoms with Gasteiger partial charge in [0.1, 0.15) is 0 Å². The second-order valence-corrected chi connectivity index (χ2v) is 4.06. The average molecular weight is 155 g/mol. The summed E-state index contributed by atoms with van der Waals surface area (Å²) < 4.78 is 5.63. The van der Waals surface area contributed by atoms with Crippen LogP contribution in [0.1, 0.15) is 34.1 Å². The number of rotatable bonds is 1. The van der Waals surface area contributed by atoms with E-state index in [0.29, 0.717) is 0 Å². The number of ether oxygens (including phenoxy) is 1. The fraction of sp³-hybridized carbons (Fsp3) is 0.889. The molecule has 0 fully saturated rings. The van der Waals surface area contributed by atoms with Crippen LogP contribution in [0.3, 0.4) is 0 Å². The lowest BCUT2D eigenvalue weighted by Crippen LogP contribution is -2.37. The molecule has 1 rings (SSSR count). The highest BCUT2D eigenvalue weighted by atomic mass is 16.5. The first-order chi connectivity index (χ1) is 4.97. The van der Waals surface area contributed by atoms with E-state index in [1.165, 1.54) is 0 Å². The topological polar surface area (TPSA) is 21.6 Å². The van der Waals surface area contributed by atoms with E-state index in [1.54, 1.807) is 0 Å². The third-order valence-corrected chi connectivity index (χ3v) is 2.10. The molecular formula is C9H17NO. The Bertz CT molecular complexity index is 174. The molecular weight excluding hydrogens is 138 g/mol. The summed E-state index contributed by atoms with van der Waals surface area (Å²) in [4.78, 5) is 4.39. The molecule has 1 atom stereocenters. The van der Waals surface area contributed by atoms with E-state index in [9.17, 15) is 0 Å². The fourth-order valence-corrected chi connectivity index (χ4v) is 0.921. The molecule has 0 N–H and O–H groups in total. The lowest BCUT2D eigenvalue weighted by molar-refractivity contribution is -0.0600. The smallest absolute Gasteiger partial charge is 0.155 e. The normalized spacial score (nSPS) is 35.6. The van der Waals surface area contributed by atoms with Gasteiger partial charge < -0.3 is 4.74 Å². The molecule has 1 unspecified atom stereocenters. The van der Waals surface area contributed by atoms with Crippen LogP contribution in [0.5, 0.6) is 0 Å². The maximum Gasteiger partial charge on any atom is 0.155 e. The van der Waals surface area contributed by atoms with Crippen molar-refractivity contribution in [3.05, 3.63) is 0 Å². The molecule has 11 heavy (non-hydrogen) atoms. The first-order valence-electron chi connectivity index (χ1n) is 4.18. The molecule has 0 aromatic heterocycles. The molecule has 0 spiro atoms. The number of hydrogen-bond donors (Lipinski definition) is 0. The van der Waals surface area contributed by atoms with E-state index in [0.717, 1.165) is 13.0 Å². The van der Waals surface area contributed by atoms with E-state index in [4.69, 9.17) is 4.74 Å². The number of nitrogens with zero attached hydrogens (tertiary/aromatic N) is 1. The van der Waals surface area contributed by atoms with Crippen molar-refractivity contribution in [2.75, 3.05) is 6.61 Å². The summed E-state index contributed by atoms with van der Waals surface area (Å²) in [6.45, 7) is 9.16.